The van der Waals surface area contributed by atoms with Gasteiger partial charge in [0.1, 0.15) is 11.0 Å². The third kappa shape index (κ3) is 5.05. The smallest absolute Gasteiger partial charge is 0.549 e. The molecule has 0 saturated carbocycles. The molecule has 0 aliphatic heterocycles. The van der Waals surface area contributed by atoms with Crippen molar-refractivity contribution in [2.24, 2.45) is 0 Å². The Morgan fingerprint density at radius 3 is 1.62 bits per heavy atom. The zero-order valence-corrected chi connectivity index (χ0v) is 19.7. The first kappa shape index (κ1) is 24.1. The predicted octanol–water partition coefficient (Wildman–Crippen LogP) is -1.10. The van der Waals surface area contributed by atoms with Crippen LogP contribution >= 0.6 is 0 Å². The van der Waals surface area contributed by atoms with Gasteiger partial charge in [-0.15, -0.1) is 0 Å². The summed E-state index contributed by atoms with van der Waals surface area (Å²) in [6.07, 6.45) is 0. The second-order valence-corrected chi connectivity index (χ2v) is 10.1. The van der Waals surface area contributed by atoms with Gasteiger partial charge in [-0.3, -0.25) is 0 Å². The summed E-state index contributed by atoms with van der Waals surface area (Å²) in [5, 5.41) is 19.9. The van der Waals surface area contributed by atoms with Crippen LogP contribution in [0.15, 0.2) is 17.0 Å². The summed E-state index contributed by atoms with van der Waals surface area (Å²) >= 11 is 0. The van der Waals surface area contributed by atoms with Crippen LogP contribution in [0.2, 0.25) is 0 Å². The fourth-order valence-corrected chi connectivity index (χ4v) is 3.47. The Morgan fingerprint density at radius 2 is 1.38 bits per heavy atom. The van der Waals surface area contributed by atoms with E-state index in [1.54, 1.807) is 0 Å². The zero-order chi connectivity index (χ0) is 18.4. The van der Waals surface area contributed by atoms with Gasteiger partial charge in [0.05, 0.1) is 10.9 Å². The molecule has 24 heavy (non-hydrogen) atoms. The summed E-state index contributed by atoms with van der Waals surface area (Å²) in [4.78, 5) is 10.9. The molecule has 5 nitrogen and oxygen atoms in total. The molecule has 1 atom stereocenters. The number of phenolic OH excluding ortho intramolecular Hbond substituents is 1. The summed E-state index contributed by atoms with van der Waals surface area (Å²) in [5.74, 6) is -1.60. The molecule has 7 heteroatoms. The second-order valence-electron chi connectivity index (χ2n) is 7.87. The monoisotopic (exact) mass is 380 g/mol. The molecular formula is C17H25KO5S. The van der Waals surface area contributed by atoms with Gasteiger partial charge >= 0.3 is 51.4 Å². The molecule has 1 unspecified atom stereocenters. The number of benzene rings is 1. The van der Waals surface area contributed by atoms with E-state index in [9.17, 15) is 23.4 Å². The maximum Gasteiger partial charge on any atom is 1.00 e. The minimum atomic E-state index is -4.09. The average molecular weight is 381 g/mol. The number of carbonyl (C=O) groups excluding carboxylic acids is 1. The molecule has 130 valence electrons. The van der Waals surface area contributed by atoms with E-state index in [0.717, 1.165) is 6.92 Å². The van der Waals surface area contributed by atoms with E-state index in [1.807, 2.05) is 41.5 Å². The minimum absolute atomic E-state index is 0. The van der Waals surface area contributed by atoms with Gasteiger partial charge in [0.2, 0.25) is 0 Å². The summed E-state index contributed by atoms with van der Waals surface area (Å²) in [7, 11) is -4.09. The van der Waals surface area contributed by atoms with Gasteiger partial charge < -0.3 is 15.0 Å². The van der Waals surface area contributed by atoms with Crippen LogP contribution in [-0.4, -0.2) is 24.7 Å². The van der Waals surface area contributed by atoms with Gasteiger partial charge in [0.25, 0.3) is 0 Å². The van der Waals surface area contributed by atoms with Crippen LogP contribution in [0.25, 0.3) is 0 Å². The van der Waals surface area contributed by atoms with Crippen LogP contribution in [0.5, 0.6) is 5.75 Å². The van der Waals surface area contributed by atoms with E-state index in [4.69, 9.17) is 0 Å². The van der Waals surface area contributed by atoms with Crippen molar-refractivity contribution in [3.05, 3.63) is 23.3 Å². The number of phenols is 1. The number of aliphatic carboxylic acids is 1. The molecule has 0 radical (unpaired) electrons. The summed E-state index contributed by atoms with van der Waals surface area (Å²) < 4.78 is 25.1. The maximum atomic E-state index is 12.5. The normalized spacial score (nSPS) is 14.0. The van der Waals surface area contributed by atoms with E-state index in [1.165, 1.54) is 12.1 Å². The van der Waals surface area contributed by atoms with Crippen molar-refractivity contribution in [1.82, 2.24) is 0 Å². The van der Waals surface area contributed by atoms with Gasteiger partial charge in [0, 0.05) is 11.1 Å². The molecule has 1 aromatic carbocycles. The van der Waals surface area contributed by atoms with Gasteiger partial charge in [-0.2, -0.15) is 0 Å². The largest absolute Gasteiger partial charge is 1.00 e. The topological polar surface area (TPSA) is 94.5 Å². The Labute approximate surface area is 187 Å². The van der Waals surface area contributed by atoms with Gasteiger partial charge in [-0.25, -0.2) is 8.42 Å². The molecule has 0 fully saturated rings. The zero-order valence-electron chi connectivity index (χ0n) is 15.7. The molecule has 0 aliphatic carbocycles. The predicted molar refractivity (Wildman–Crippen MR) is 87.2 cm³/mol. The fraction of sp³-hybridized carbons (Fsp3) is 0.588. The Hall–Kier alpha value is 0.0764. The molecule has 1 rings (SSSR count). The maximum absolute atomic E-state index is 12.5. The van der Waals surface area contributed by atoms with Crippen LogP contribution in [-0.2, 0) is 25.5 Å². The third-order valence-electron chi connectivity index (χ3n) is 3.83. The van der Waals surface area contributed by atoms with Crippen LogP contribution in [0, 0.1) is 0 Å². The molecule has 0 aromatic heterocycles. The molecular weight excluding hydrogens is 355 g/mol. The van der Waals surface area contributed by atoms with Crippen LogP contribution in [0.1, 0.15) is 59.6 Å². The van der Waals surface area contributed by atoms with Gasteiger partial charge in [0.15, 0.2) is 9.84 Å². The van der Waals surface area contributed by atoms with Crippen molar-refractivity contribution in [2.75, 3.05) is 0 Å². The minimum Gasteiger partial charge on any atom is -0.549 e. The van der Waals surface area contributed by atoms with Crippen molar-refractivity contribution in [3.63, 3.8) is 0 Å². The van der Waals surface area contributed by atoms with E-state index in [-0.39, 0.29) is 62.0 Å². The van der Waals surface area contributed by atoms with Crippen LogP contribution < -0.4 is 56.5 Å². The molecule has 0 bridgehead atoms. The van der Waals surface area contributed by atoms with Crippen LogP contribution in [0.3, 0.4) is 0 Å². The Balaban J connectivity index is 0.00000529. The van der Waals surface area contributed by atoms with Gasteiger partial charge in [-0.1, -0.05) is 41.5 Å². The van der Waals surface area contributed by atoms with Crippen molar-refractivity contribution in [2.45, 2.75) is 69.4 Å². The van der Waals surface area contributed by atoms with E-state index in [2.05, 4.69) is 0 Å². The number of aromatic hydroxyl groups is 1. The number of hydrogen-bond acceptors (Lipinski definition) is 5. The van der Waals surface area contributed by atoms with E-state index < -0.39 is 31.9 Å². The Morgan fingerprint density at radius 1 is 1.04 bits per heavy atom. The second kappa shape index (κ2) is 7.76. The molecule has 1 N–H and O–H groups in total. The van der Waals surface area contributed by atoms with E-state index in [0.29, 0.717) is 11.1 Å². The quantitative estimate of drug-likeness (QED) is 0.672. The molecule has 0 saturated heterocycles. The first-order chi connectivity index (χ1) is 10.1. The van der Waals surface area contributed by atoms with Crippen molar-refractivity contribution in [3.8, 4) is 5.75 Å². The molecule has 1 aromatic rings. The number of sulfone groups is 1. The molecule has 0 heterocycles. The Kier molecular flexibility index (Phi) is 7.78. The summed E-state index contributed by atoms with van der Waals surface area (Å²) in [5.41, 5.74) is -0.0659. The molecule has 0 spiro atoms. The van der Waals surface area contributed by atoms with Crippen molar-refractivity contribution >= 4 is 15.8 Å². The molecule has 0 amide bonds. The first-order valence-electron chi connectivity index (χ1n) is 7.43. The number of rotatable bonds is 3. The van der Waals surface area contributed by atoms with Gasteiger partial charge in [-0.05, 0) is 29.9 Å². The number of carboxylic acid groups (broad SMARTS) is 1. The third-order valence-corrected chi connectivity index (χ3v) is 5.84. The Bertz CT molecular complexity index is 689. The number of carbonyl (C=O) groups is 1. The van der Waals surface area contributed by atoms with Crippen LogP contribution in [0.4, 0.5) is 0 Å². The SMILES string of the molecule is CC(C(=O)[O-])S(=O)(=O)c1cc(C(C)(C)C)c(O)c(C(C)(C)C)c1.[K+]. The molecule has 0 aliphatic rings. The number of carboxylic acids is 1. The standard InChI is InChI=1S/C17H26O5S.K/c1-10(15(19)20)23(21,22)11-8-12(16(2,3)4)14(18)13(9-11)17(5,6)7;/h8-10,18H,1-7H3,(H,19,20);/q;+1/p-1. The summed E-state index contributed by atoms with van der Waals surface area (Å²) in [6, 6.07) is 2.72. The first-order valence-corrected chi connectivity index (χ1v) is 8.97. The fourth-order valence-electron chi connectivity index (χ4n) is 2.25. The van der Waals surface area contributed by atoms with E-state index >= 15 is 0 Å². The van der Waals surface area contributed by atoms with Crippen molar-refractivity contribution < 1.29 is 74.8 Å². The summed E-state index contributed by atoms with van der Waals surface area (Å²) in [6.45, 7) is 12.2. The number of hydrogen-bond donors (Lipinski definition) is 1. The average Bonchev–Trinajstić information content (AvgIpc) is 2.34. The van der Waals surface area contributed by atoms with Crippen molar-refractivity contribution in [1.29, 1.82) is 0 Å².